The summed E-state index contributed by atoms with van der Waals surface area (Å²) in [5.74, 6) is 0.301. The topological polar surface area (TPSA) is 80.9 Å². The van der Waals surface area contributed by atoms with Crippen molar-refractivity contribution in [1.82, 2.24) is 15.3 Å². The lowest BCUT2D eigenvalue weighted by molar-refractivity contribution is 0.0909. The average Bonchev–Trinajstić information content (AvgIpc) is 2.54. The van der Waals surface area contributed by atoms with Crippen LogP contribution in [0.1, 0.15) is 36.0 Å². The van der Waals surface area contributed by atoms with Gasteiger partial charge in [-0.15, -0.1) is 0 Å². The molecular formula is C16H20N4O. The van der Waals surface area contributed by atoms with Crippen LogP contribution in [0.2, 0.25) is 0 Å². The number of nitrogens with zero attached hydrogens (tertiary/aromatic N) is 2. The average molecular weight is 284 g/mol. The maximum absolute atomic E-state index is 12.6. The minimum atomic E-state index is -0.0774. The normalized spacial score (nSPS) is 22.1. The number of fused-ring (bicyclic) bond motifs is 1. The molecule has 1 aliphatic carbocycles. The highest BCUT2D eigenvalue weighted by molar-refractivity contribution is 6.04. The van der Waals surface area contributed by atoms with Crippen molar-refractivity contribution in [2.45, 2.75) is 31.7 Å². The number of rotatable bonds is 3. The van der Waals surface area contributed by atoms with Gasteiger partial charge in [0.05, 0.1) is 11.1 Å². The van der Waals surface area contributed by atoms with E-state index in [1.165, 1.54) is 6.42 Å². The molecule has 1 aromatic heterocycles. The Morgan fingerprint density at radius 1 is 1.24 bits per heavy atom. The minimum absolute atomic E-state index is 0.0774. The number of nitrogens with one attached hydrogen (secondary N) is 1. The van der Waals surface area contributed by atoms with Gasteiger partial charge in [0.2, 0.25) is 0 Å². The van der Waals surface area contributed by atoms with Crippen molar-refractivity contribution in [1.29, 1.82) is 0 Å². The number of hydrogen-bond acceptors (Lipinski definition) is 4. The summed E-state index contributed by atoms with van der Waals surface area (Å²) in [7, 11) is 0. The van der Waals surface area contributed by atoms with E-state index >= 15 is 0 Å². The zero-order chi connectivity index (χ0) is 14.7. The van der Waals surface area contributed by atoms with Crippen LogP contribution in [0.5, 0.6) is 0 Å². The summed E-state index contributed by atoms with van der Waals surface area (Å²) in [6.45, 7) is 0.625. The largest absolute Gasteiger partial charge is 0.349 e. The van der Waals surface area contributed by atoms with Crippen molar-refractivity contribution in [2.24, 2.45) is 11.7 Å². The minimum Gasteiger partial charge on any atom is -0.349 e. The van der Waals surface area contributed by atoms with Crippen LogP contribution in [-0.4, -0.2) is 28.5 Å². The lowest BCUT2D eigenvalue weighted by Crippen LogP contribution is -2.44. The number of amides is 1. The van der Waals surface area contributed by atoms with E-state index < -0.39 is 0 Å². The second-order valence-corrected chi connectivity index (χ2v) is 5.59. The Bertz CT molecular complexity index is 638. The van der Waals surface area contributed by atoms with E-state index in [2.05, 4.69) is 15.3 Å². The third kappa shape index (κ3) is 2.88. The van der Waals surface area contributed by atoms with Crippen molar-refractivity contribution >= 4 is 16.9 Å². The van der Waals surface area contributed by atoms with Crippen molar-refractivity contribution in [3.63, 3.8) is 0 Å². The van der Waals surface area contributed by atoms with Crippen LogP contribution in [0.3, 0.4) is 0 Å². The molecule has 0 saturated heterocycles. The third-order valence-electron chi connectivity index (χ3n) is 4.27. The summed E-state index contributed by atoms with van der Waals surface area (Å²) < 4.78 is 0. The van der Waals surface area contributed by atoms with Gasteiger partial charge in [0.15, 0.2) is 0 Å². The van der Waals surface area contributed by atoms with Gasteiger partial charge >= 0.3 is 0 Å². The van der Waals surface area contributed by atoms with Gasteiger partial charge in [-0.05, 0) is 37.4 Å². The number of para-hydroxylation sites is 1. The monoisotopic (exact) mass is 284 g/mol. The molecule has 2 unspecified atom stereocenters. The molecule has 1 aliphatic rings. The van der Waals surface area contributed by atoms with E-state index in [-0.39, 0.29) is 11.9 Å². The van der Waals surface area contributed by atoms with E-state index in [9.17, 15) is 4.79 Å². The maximum Gasteiger partial charge on any atom is 0.253 e. The van der Waals surface area contributed by atoms with E-state index in [1.54, 1.807) is 18.5 Å². The Labute approximate surface area is 124 Å². The van der Waals surface area contributed by atoms with Crippen molar-refractivity contribution < 1.29 is 4.79 Å². The van der Waals surface area contributed by atoms with Crippen LogP contribution in [0.25, 0.3) is 11.0 Å². The van der Waals surface area contributed by atoms with Gasteiger partial charge in [0, 0.05) is 18.4 Å². The smallest absolute Gasteiger partial charge is 0.253 e. The fraction of sp³-hybridized carbons (Fsp3) is 0.438. The number of carbonyl (C=O) groups excluding carboxylic acids is 1. The SMILES string of the molecule is NCC1CCCCC1NC(=O)c1cccc2nccnc12. The molecule has 0 aliphatic heterocycles. The summed E-state index contributed by atoms with van der Waals surface area (Å²) in [5.41, 5.74) is 7.80. The molecule has 2 atom stereocenters. The van der Waals surface area contributed by atoms with Gasteiger partial charge in [-0.25, -0.2) is 0 Å². The number of aromatic nitrogens is 2. The fourth-order valence-electron chi connectivity index (χ4n) is 3.10. The van der Waals surface area contributed by atoms with Crippen molar-refractivity contribution in [3.8, 4) is 0 Å². The van der Waals surface area contributed by atoms with Crippen molar-refractivity contribution in [2.75, 3.05) is 6.54 Å². The molecule has 0 bridgehead atoms. The zero-order valence-electron chi connectivity index (χ0n) is 12.0. The molecule has 110 valence electrons. The second kappa shape index (κ2) is 6.18. The van der Waals surface area contributed by atoms with E-state index in [0.717, 1.165) is 24.8 Å². The van der Waals surface area contributed by atoms with Gasteiger partial charge in [-0.3, -0.25) is 14.8 Å². The Kier molecular flexibility index (Phi) is 4.10. The first-order valence-corrected chi connectivity index (χ1v) is 7.50. The number of benzene rings is 1. The Balaban J connectivity index is 1.84. The molecule has 1 aromatic carbocycles. The number of nitrogens with two attached hydrogens (primary N) is 1. The van der Waals surface area contributed by atoms with Crippen LogP contribution in [0.15, 0.2) is 30.6 Å². The lowest BCUT2D eigenvalue weighted by atomic mass is 9.84. The van der Waals surface area contributed by atoms with Gasteiger partial charge in [0.25, 0.3) is 5.91 Å². The molecule has 5 heteroatoms. The van der Waals surface area contributed by atoms with Crippen LogP contribution >= 0.6 is 0 Å². The molecule has 0 radical (unpaired) electrons. The summed E-state index contributed by atoms with van der Waals surface area (Å²) in [6.07, 6.45) is 7.70. The third-order valence-corrected chi connectivity index (χ3v) is 4.27. The van der Waals surface area contributed by atoms with Crippen LogP contribution in [0, 0.1) is 5.92 Å². The quantitative estimate of drug-likeness (QED) is 0.901. The number of carbonyl (C=O) groups is 1. The molecule has 3 N–H and O–H groups in total. The lowest BCUT2D eigenvalue weighted by Gasteiger charge is -2.31. The summed E-state index contributed by atoms with van der Waals surface area (Å²) in [4.78, 5) is 21.1. The Morgan fingerprint density at radius 2 is 2.05 bits per heavy atom. The molecule has 3 rings (SSSR count). The van der Waals surface area contributed by atoms with Gasteiger partial charge in [-0.1, -0.05) is 18.9 Å². The zero-order valence-corrected chi connectivity index (χ0v) is 12.0. The van der Waals surface area contributed by atoms with Crippen molar-refractivity contribution in [3.05, 3.63) is 36.2 Å². The van der Waals surface area contributed by atoms with E-state index in [1.807, 2.05) is 12.1 Å². The fourth-order valence-corrected chi connectivity index (χ4v) is 3.10. The first kappa shape index (κ1) is 13.9. The molecule has 1 saturated carbocycles. The second-order valence-electron chi connectivity index (χ2n) is 5.59. The van der Waals surface area contributed by atoms with Gasteiger partial charge in [-0.2, -0.15) is 0 Å². The van der Waals surface area contributed by atoms with Crippen LogP contribution < -0.4 is 11.1 Å². The Hall–Kier alpha value is -2.01. The first-order valence-electron chi connectivity index (χ1n) is 7.50. The molecule has 5 nitrogen and oxygen atoms in total. The van der Waals surface area contributed by atoms with Gasteiger partial charge in [0.1, 0.15) is 5.52 Å². The molecule has 21 heavy (non-hydrogen) atoms. The highest BCUT2D eigenvalue weighted by Gasteiger charge is 2.26. The summed E-state index contributed by atoms with van der Waals surface area (Å²) >= 11 is 0. The van der Waals surface area contributed by atoms with E-state index in [4.69, 9.17) is 5.73 Å². The first-order chi connectivity index (χ1) is 10.3. The highest BCUT2D eigenvalue weighted by atomic mass is 16.1. The predicted octanol–water partition coefficient (Wildman–Crippen LogP) is 1.88. The number of hydrogen-bond donors (Lipinski definition) is 2. The highest BCUT2D eigenvalue weighted by Crippen LogP contribution is 2.24. The Morgan fingerprint density at radius 3 is 2.90 bits per heavy atom. The molecular weight excluding hydrogens is 264 g/mol. The molecule has 1 heterocycles. The standard InChI is InChI=1S/C16H20N4O/c17-10-11-4-1-2-6-13(11)20-16(21)12-5-3-7-14-15(12)19-9-8-18-14/h3,5,7-9,11,13H,1-2,4,6,10,17H2,(H,20,21). The molecule has 2 aromatic rings. The molecule has 0 spiro atoms. The van der Waals surface area contributed by atoms with Gasteiger partial charge < -0.3 is 11.1 Å². The molecule has 1 amide bonds. The maximum atomic E-state index is 12.6. The predicted molar refractivity (Wildman–Crippen MR) is 81.8 cm³/mol. The van der Waals surface area contributed by atoms with E-state index in [0.29, 0.717) is 23.5 Å². The van der Waals surface area contributed by atoms with Crippen LogP contribution in [0.4, 0.5) is 0 Å². The van der Waals surface area contributed by atoms with Crippen LogP contribution in [-0.2, 0) is 0 Å². The summed E-state index contributed by atoms with van der Waals surface area (Å²) in [6, 6.07) is 5.67. The summed E-state index contributed by atoms with van der Waals surface area (Å²) in [5, 5.41) is 3.14. The molecule has 1 fully saturated rings.